The van der Waals surface area contributed by atoms with Gasteiger partial charge < -0.3 is 0 Å². The quantitative estimate of drug-likeness (QED) is 0.259. The zero-order valence-electron chi connectivity index (χ0n) is 15.8. The van der Waals surface area contributed by atoms with Crippen molar-refractivity contribution < 1.29 is 22.3 Å². The average Bonchev–Trinajstić information content (AvgIpc) is 2.61. The first-order valence-electron chi connectivity index (χ1n) is 8.55. The van der Waals surface area contributed by atoms with Crippen molar-refractivity contribution in [3.63, 3.8) is 0 Å². The molecule has 8 heteroatoms. The van der Waals surface area contributed by atoms with Gasteiger partial charge in [0.25, 0.3) is 16.0 Å². The number of hydrogen-bond donors (Lipinski definition) is 2. The number of unbranched alkanes of at least 4 members (excludes halogenated alkanes) is 2. The van der Waals surface area contributed by atoms with Gasteiger partial charge in [0.05, 0.1) is 4.90 Å². The van der Waals surface area contributed by atoms with Crippen molar-refractivity contribution in [1.82, 2.24) is 5.43 Å². The van der Waals surface area contributed by atoms with Crippen molar-refractivity contribution in [3.05, 3.63) is 59.9 Å². The molecule has 0 radical (unpaired) electrons. The lowest BCUT2D eigenvalue weighted by Gasteiger charge is -1.97. The van der Waals surface area contributed by atoms with Crippen molar-refractivity contribution in [2.75, 3.05) is 0 Å². The van der Waals surface area contributed by atoms with Crippen LogP contribution in [0.1, 0.15) is 42.1 Å². The number of pyridine rings is 1. The number of aromatic nitrogens is 1. The standard InChI is InChI=1S/C12H17N3O.C7H8O3S/c1-3-4-5-8-13-14-12(16)11-7-6-9-15(2)10-11;1-6-2-4-7(5-3-6)11(8,9)10/h6-10H,3-5H2,1-2H3;2-5H,1H3,(H,8,9,10)/p+1/b13-8+;. The fourth-order valence-electron chi connectivity index (χ4n) is 1.96. The van der Waals surface area contributed by atoms with E-state index in [0.29, 0.717) is 5.56 Å². The van der Waals surface area contributed by atoms with Crippen LogP contribution in [0.15, 0.2) is 58.8 Å². The minimum Gasteiger partial charge on any atom is -0.282 e. The Labute approximate surface area is 160 Å². The lowest BCUT2D eigenvalue weighted by Crippen LogP contribution is -2.29. The van der Waals surface area contributed by atoms with Crippen LogP contribution in [0, 0.1) is 6.92 Å². The first-order chi connectivity index (χ1) is 12.7. The average molecular weight is 393 g/mol. The molecule has 0 aliphatic heterocycles. The summed E-state index contributed by atoms with van der Waals surface area (Å²) < 4.78 is 31.4. The molecular formula is C19H26N3O4S+. The van der Waals surface area contributed by atoms with Crippen LogP contribution in [-0.4, -0.2) is 25.1 Å². The monoisotopic (exact) mass is 392 g/mol. The van der Waals surface area contributed by atoms with E-state index >= 15 is 0 Å². The van der Waals surface area contributed by atoms with Crippen molar-refractivity contribution in [2.45, 2.75) is 38.0 Å². The molecule has 2 aromatic rings. The number of carbonyl (C=O) groups excluding carboxylic acids is 1. The normalized spacial score (nSPS) is 11.0. The zero-order chi connectivity index (χ0) is 20.3. The molecule has 0 spiro atoms. The molecule has 2 rings (SSSR count). The molecule has 0 atom stereocenters. The van der Waals surface area contributed by atoms with Gasteiger partial charge in [0, 0.05) is 12.3 Å². The van der Waals surface area contributed by atoms with Gasteiger partial charge in [-0.2, -0.15) is 13.5 Å². The second-order valence-corrected chi connectivity index (χ2v) is 7.36. The summed E-state index contributed by atoms with van der Waals surface area (Å²) in [6.45, 7) is 3.96. The molecule has 0 bridgehead atoms. The third kappa shape index (κ3) is 9.07. The maximum Gasteiger partial charge on any atom is 0.294 e. The number of benzene rings is 1. The summed E-state index contributed by atoms with van der Waals surface area (Å²) in [6, 6.07) is 9.58. The van der Waals surface area contributed by atoms with Gasteiger partial charge in [0.2, 0.25) is 0 Å². The molecule has 27 heavy (non-hydrogen) atoms. The fourth-order valence-corrected chi connectivity index (χ4v) is 2.44. The third-order valence-electron chi connectivity index (χ3n) is 3.46. The van der Waals surface area contributed by atoms with Gasteiger partial charge in [-0.1, -0.05) is 31.0 Å². The topological polar surface area (TPSA) is 99.7 Å². The molecular weight excluding hydrogens is 366 g/mol. The van der Waals surface area contributed by atoms with Gasteiger partial charge in [-0.3, -0.25) is 9.35 Å². The molecule has 1 aromatic heterocycles. The Morgan fingerprint density at radius 2 is 1.93 bits per heavy atom. The highest BCUT2D eigenvalue weighted by Crippen LogP contribution is 2.08. The van der Waals surface area contributed by atoms with Gasteiger partial charge in [-0.05, 0) is 38.0 Å². The summed E-state index contributed by atoms with van der Waals surface area (Å²) in [6.07, 6.45) is 8.51. The smallest absolute Gasteiger partial charge is 0.282 e. The van der Waals surface area contributed by atoms with Crippen LogP contribution in [-0.2, 0) is 17.2 Å². The third-order valence-corrected chi connectivity index (χ3v) is 4.33. The summed E-state index contributed by atoms with van der Waals surface area (Å²) in [4.78, 5) is 11.5. The van der Waals surface area contributed by atoms with Gasteiger partial charge >= 0.3 is 0 Å². The molecule has 0 aliphatic carbocycles. The SMILES string of the molecule is CCCC/C=N/NC(=O)c1ccc[n+](C)c1.Cc1ccc(S(=O)(=O)O)cc1. The second-order valence-electron chi connectivity index (χ2n) is 5.94. The molecule has 1 heterocycles. The number of rotatable bonds is 6. The highest BCUT2D eigenvalue weighted by Gasteiger charge is 2.07. The minimum atomic E-state index is -4.02. The second kappa shape index (κ2) is 11.2. The predicted octanol–water partition coefficient (Wildman–Crippen LogP) is 2.66. The van der Waals surface area contributed by atoms with Crippen LogP contribution >= 0.6 is 0 Å². The lowest BCUT2D eigenvalue weighted by molar-refractivity contribution is -0.671. The first kappa shape index (κ1) is 22.5. The summed E-state index contributed by atoms with van der Waals surface area (Å²) in [5.74, 6) is -0.177. The minimum absolute atomic E-state index is 0.0666. The number of nitrogens with zero attached hydrogens (tertiary/aromatic N) is 2. The zero-order valence-corrected chi connectivity index (χ0v) is 16.6. The molecule has 0 unspecified atom stereocenters. The van der Waals surface area contributed by atoms with E-state index in [1.807, 2.05) is 30.8 Å². The molecule has 2 N–H and O–H groups in total. The molecule has 0 saturated heterocycles. The molecule has 0 aliphatic rings. The fraction of sp³-hybridized carbons (Fsp3) is 0.316. The highest BCUT2D eigenvalue weighted by molar-refractivity contribution is 7.85. The first-order valence-corrected chi connectivity index (χ1v) is 9.99. The van der Waals surface area contributed by atoms with Crippen LogP contribution in [0.25, 0.3) is 0 Å². The predicted molar refractivity (Wildman–Crippen MR) is 104 cm³/mol. The largest absolute Gasteiger partial charge is 0.294 e. The van der Waals surface area contributed by atoms with Gasteiger partial charge in [0.1, 0.15) is 12.6 Å². The van der Waals surface area contributed by atoms with Crippen LogP contribution in [0.4, 0.5) is 0 Å². The van der Waals surface area contributed by atoms with E-state index in [1.54, 1.807) is 30.6 Å². The number of hydrogen-bond acceptors (Lipinski definition) is 4. The van der Waals surface area contributed by atoms with Crippen LogP contribution in [0.2, 0.25) is 0 Å². The Kier molecular flexibility index (Phi) is 9.32. The molecule has 1 amide bonds. The summed E-state index contributed by atoms with van der Waals surface area (Å²) in [7, 11) is -2.14. The van der Waals surface area contributed by atoms with Gasteiger partial charge in [-0.25, -0.2) is 9.99 Å². The summed E-state index contributed by atoms with van der Waals surface area (Å²) in [5, 5.41) is 3.88. The number of hydrazone groups is 1. The van der Waals surface area contributed by atoms with E-state index < -0.39 is 10.1 Å². The Balaban J connectivity index is 0.000000289. The maximum atomic E-state index is 11.6. The van der Waals surface area contributed by atoms with E-state index in [2.05, 4.69) is 17.5 Å². The van der Waals surface area contributed by atoms with Gasteiger partial charge in [-0.15, -0.1) is 0 Å². The van der Waals surface area contributed by atoms with Crippen LogP contribution in [0.5, 0.6) is 0 Å². The summed E-state index contributed by atoms with van der Waals surface area (Å²) in [5.41, 5.74) is 4.07. The van der Waals surface area contributed by atoms with Crippen LogP contribution < -0.4 is 9.99 Å². The highest BCUT2D eigenvalue weighted by atomic mass is 32.2. The molecule has 146 valence electrons. The Morgan fingerprint density at radius 1 is 1.26 bits per heavy atom. The number of carbonyl (C=O) groups is 1. The van der Waals surface area contributed by atoms with E-state index in [1.165, 1.54) is 12.1 Å². The van der Waals surface area contributed by atoms with E-state index in [9.17, 15) is 13.2 Å². The molecule has 7 nitrogen and oxygen atoms in total. The van der Waals surface area contributed by atoms with Crippen molar-refractivity contribution in [2.24, 2.45) is 12.1 Å². The Hall–Kier alpha value is -2.58. The number of aryl methyl sites for hydroxylation is 2. The van der Waals surface area contributed by atoms with E-state index in [-0.39, 0.29) is 10.8 Å². The number of nitrogens with one attached hydrogen (secondary N) is 1. The Bertz CT molecular complexity index is 863. The molecule has 0 saturated carbocycles. The maximum absolute atomic E-state index is 11.6. The Morgan fingerprint density at radius 3 is 2.48 bits per heavy atom. The van der Waals surface area contributed by atoms with Crippen molar-refractivity contribution >= 4 is 22.2 Å². The van der Waals surface area contributed by atoms with E-state index in [0.717, 1.165) is 24.8 Å². The lowest BCUT2D eigenvalue weighted by atomic mass is 10.2. The van der Waals surface area contributed by atoms with Crippen molar-refractivity contribution in [1.29, 1.82) is 0 Å². The van der Waals surface area contributed by atoms with E-state index in [4.69, 9.17) is 4.55 Å². The number of amides is 1. The van der Waals surface area contributed by atoms with Gasteiger partial charge in [0.15, 0.2) is 12.4 Å². The summed E-state index contributed by atoms with van der Waals surface area (Å²) >= 11 is 0. The van der Waals surface area contributed by atoms with Crippen LogP contribution in [0.3, 0.4) is 0 Å². The molecule has 0 fully saturated rings. The molecule has 1 aromatic carbocycles. The van der Waals surface area contributed by atoms with Crippen molar-refractivity contribution in [3.8, 4) is 0 Å².